The summed E-state index contributed by atoms with van der Waals surface area (Å²) in [6.45, 7) is -0.212. The molecule has 0 unspecified atom stereocenters. The van der Waals surface area contributed by atoms with E-state index in [1.165, 1.54) is 24.3 Å². The highest BCUT2D eigenvalue weighted by Gasteiger charge is 2.18. The first-order valence-electron chi connectivity index (χ1n) is 10.4. The van der Waals surface area contributed by atoms with Crippen LogP contribution in [0.15, 0.2) is 96.0 Å². The number of sulfonamides is 1. The number of benzene rings is 3. The van der Waals surface area contributed by atoms with Crippen LogP contribution < -0.4 is 10.0 Å². The molecular formula is C25H23N3O4S. The van der Waals surface area contributed by atoms with Gasteiger partial charge in [-0.05, 0) is 48.4 Å². The molecular weight excluding hydrogens is 438 g/mol. The van der Waals surface area contributed by atoms with E-state index in [4.69, 9.17) is 0 Å². The van der Waals surface area contributed by atoms with E-state index in [2.05, 4.69) is 15.0 Å². The molecule has 33 heavy (non-hydrogen) atoms. The third-order valence-electron chi connectivity index (χ3n) is 5.18. The molecule has 0 bridgehead atoms. The summed E-state index contributed by atoms with van der Waals surface area (Å²) in [6, 6.07) is 23.6. The lowest BCUT2D eigenvalue weighted by Crippen LogP contribution is -2.39. The van der Waals surface area contributed by atoms with Crippen LogP contribution in [0.5, 0.6) is 0 Å². The number of aromatic nitrogens is 1. The summed E-state index contributed by atoms with van der Waals surface area (Å²) in [5.41, 5.74) is 2.22. The van der Waals surface area contributed by atoms with Crippen LogP contribution in [0, 0.1) is 0 Å². The van der Waals surface area contributed by atoms with Gasteiger partial charge in [-0.25, -0.2) is 8.42 Å². The Balaban J connectivity index is 1.47. The highest BCUT2D eigenvalue weighted by atomic mass is 32.2. The third kappa shape index (κ3) is 5.36. The number of carbonyl (C=O) groups excluding carboxylic acids is 1. The Morgan fingerprint density at radius 1 is 0.909 bits per heavy atom. The van der Waals surface area contributed by atoms with Crippen molar-refractivity contribution in [3.63, 3.8) is 0 Å². The second-order valence-electron chi connectivity index (χ2n) is 7.55. The summed E-state index contributed by atoms with van der Waals surface area (Å²) in [7, 11) is -3.88. The van der Waals surface area contributed by atoms with Gasteiger partial charge in [0, 0.05) is 17.1 Å². The molecule has 4 aromatic rings. The smallest absolute Gasteiger partial charge is 0.261 e. The molecule has 0 fully saturated rings. The summed E-state index contributed by atoms with van der Waals surface area (Å²) < 4.78 is 28.3. The number of pyridine rings is 1. The summed E-state index contributed by atoms with van der Waals surface area (Å²) in [5.74, 6) is -0.389. The molecule has 3 aromatic carbocycles. The standard InChI is InChI=1S/C25H23N3O4S/c29-17-21(16-18-6-2-1-3-7-18)27-25(30)20-11-13-22(14-12-20)33(31,32)28-23-10-4-8-19-9-5-15-26-24(19)23/h1-15,21,28-29H,16-17H2,(H,27,30)/t21-/m0/s1. The summed E-state index contributed by atoms with van der Waals surface area (Å²) >= 11 is 0. The Hall–Kier alpha value is -3.75. The van der Waals surface area contributed by atoms with E-state index in [0.717, 1.165) is 10.9 Å². The number of carbonyl (C=O) groups is 1. The zero-order valence-electron chi connectivity index (χ0n) is 17.7. The molecule has 1 heterocycles. The van der Waals surface area contributed by atoms with E-state index in [0.29, 0.717) is 23.2 Å². The monoisotopic (exact) mass is 461 g/mol. The largest absolute Gasteiger partial charge is 0.394 e. The maximum Gasteiger partial charge on any atom is 0.261 e. The average molecular weight is 462 g/mol. The normalized spacial score (nSPS) is 12.3. The topological polar surface area (TPSA) is 108 Å². The molecule has 0 saturated heterocycles. The molecule has 0 saturated carbocycles. The Morgan fingerprint density at radius 3 is 2.36 bits per heavy atom. The van der Waals surface area contributed by atoms with E-state index in [1.807, 2.05) is 42.5 Å². The van der Waals surface area contributed by atoms with E-state index >= 15 is 0 Å². The van der Waals surface area contributed by atoms with Crippen LogP contribution >= 0.6 is 0 Å². The minimum Gasteiger partial charge on any atom is -0.394 e. The van der Waals surface area contributed by atoms with Gasteiger partial charge in [-0.3, -0.25) is 14.5 Å². The van der Waals surface area contributed by atoms with Crippen LogP contribution in [-0.2, 0) is 16.4 Å². The molecule has 0 aliphatic rings. The minimum atomic E-state index is -3.88. The maximum absolute atomic E-state index is 12.9. The van der Waals surface area contributed by atoms with Crippen LogP contribution in [0.2, 0.25) is 0 Å². The number of hydrogen-bond donors (Lipinski definition) is 3. The number of aliphatic hydroxyl groups is 1. The first-order valence-corrected chi connectivity index (χ1v) is 11.9. The first kappa shape index (κ1) is 22.4. The Kier molecular flexibility index (Phi) is 6.67. The molecule has 3 N–H and O–H groups in total. The van der Waals surface area contributed by atoms with Gasteiger partial charge in [-0.2, -0.15) is 0 Å². The lowest BCUT2D eigenvalue weighted by atomic mass is 10.1. The highest BCUT2D eigenvalue weighted by molar-refractivity contribution is 7.92. The Morgan fingerprint density at radius 2 is 1.64 bits per heavy atom. The number of nitrogens with one attached hydrogen (secondary N) is 2. The number of fused-ring (bicyclic) bond motifs is 1. The number of rotatable bonds is 8. The summed E-state index contributed by atoms with van der Waals surface area (Å²) in [5, 5.41) is 13.2. The molecule has 0 spiro atoms. The number of hydrogen-bond acceptors (Lipinski definition) is 5. The van der Waals surface area contributed by atoms with Crippen molar-refractivity contribution in [1.29, 1.82) is 0 Å². The van der Waals surface area contributed by atoms with Crippen LogP contribution in [0.4, 0.5) is 5.69 Å². The van der Waals surface area contributed by atoms with E-state index in [-0.39, 0.29) is 17.4 Å². The van der Waals surface area contributed by atoms with E-state index < -0.39 is 16.1 Å². The van der Waals surface area contributed by atoms with Crippen LogP contribution in [0.3, 0.4) is 0 Å². The zero-order valence-corrected chi connectivity index (χ0v) is 18.5. The molecule has 7 nitrogen and oxygen atoms in total. The van der Waals surface area contributed by atoms with Crippen molar-refractivity contribution < 1.29 is 18.3 Å². The van der Waals surface area contributed by atoms with Crippen molar-refractivity contribution in [3.05, 3.63) is 102 Å². The van der Waals surface area contributed by atoms with Gasteiger partial charge >= 0.3 is 0 Å². The molecule has 0 aliphatic carbocycles. The van der Waals surface area contributed by atoms with Gasteiger partial charge in [0.2, 0.25) is 0 Å². The molecule has 4 rings (SSSR count). The van der Waals surface area contributed by atoms with Crippen molar-refractivity contribution >= 4 is 32.5 Å². The predicted octanol–water partition coefficient (Wildman–Crippen LogP) is 3.37. The molecule has 0 radical (unpaired) electrons. The van der Waals surface area contributed by atoms with Crippen molar-refractivity contribution in [3.8, 4) is 0 Å². The van der Waals surface area contributed by atoms with Crippen molar-refractivity contribution in [2.24, 2.45) is 0 Å². The van der Waals surface area contributed by atoms with E-state index in [9.17, 15) is 18.3 Å². The number of para-hydroxylation sites is 1. The molecule has 1 atom stereocenters. The molecule has 168 valence electrons. The summed E-state index contributed by atoms with van der Waals surface area (Å²) in [4.78, 5) is 16.9. The summed E-state index contributed by atoms with van der Waals surface area (Å²) in [6.07, 6.45) is 2.09. The lowest BCUT2D eigenvalue weighted by Gasteiger charge is -2.16. The van der Waals surface area contributed by atoms with Gasteiger partial charge in [0.25, 0.3) is 15.9 Å². The van der Waals surface area contributed by atoms with Gasteiger partial charge < -0.3 is 10.4 Å². The fraction of sp³-hybridized carbons (Fsp3) is 0.120. The van der Waals surface area contributed by atoms with Crippen molar-refractivity contribution in [1.82, 2.24) is 10.3 Å². The lowest BCUT2D eigenvalue weighted by molar-refractivity contribution is 0.0916. The average Bonchev–Trinajstić information content (AvgIpc) is 2.84. The number of nitrogens with zero attached hydrogens (tertiary/aromatic N) is 1. The molecule has 1 aromatic heterocycles. The highest BCUT2D eigenvalue weighted by Crippen LogP contribution is 2.24. The maximum atomic E-state index is 12.9. The zero-order chi connectivity index (χ0) is 23.3. The second-order valence-corrected chi connectivity index (χ2v) is 9.24. The van der Waals surface area contributed by atoms with Crippen LogP contribution in [-0.4, -0.2) is 37.1 Å². The van der Waals surface area contributed by atoms with E-state index in [1.54, 1.807) is 24.4 Å². The Labute approximate surface area is 192 Å². The quantitative estimate of drug-likeness (QED) is 0.373. The molecule has 0 aliphatic heterocycles. The van der Waals surface area contributed by atoms with Gasteiger partial charge in [-0.1, -0.05) is 48.5 Å². The molecule has 8 heteroatoms. The molecule has 1 amide bonds. The van der Waals surface area contributed by atoms with Crippen molar-refractivity contribution in [2.75, 3.05) is 11.3 Å². The number of anilines is 1. The minimum absolute atomic E-state index is 0.0231. The Bertz CT molecular complexity index is 1350. The third-order valence-corrected chi connectivity index (χ3v) is 6.57. The fourth-order valence-electron chi connectivity index (χ4n) is 3.50. The number of amides is 1. The van der Waals surface area contributed by atoms with Crippen molar-refractivity contribution in [2.45, 2.75) is 17.4 Å². The van der Waals surface area contributed by atoms with Crippen LogP contribution in [0.1, 0.15) is 15.9 Å². The van der Waals surface area contributed by atoms with Crippen LogP contribution in [0.25, 0.3) is 10.9 Å². The van der Waals surface area contributed by atoms with Gasteiger partial charge in [0.05, 0.1) is 28.7 Å². The van der Waals surface area contributed by atoms with Gasteiger partial charge in [-0.15, -0.1) is 0 Å². The van der Waals surface area contributed by atoms with Gasteiger partial charge in [0.1, 0.15) is 0 Å². The second kappa shape index (κ2) is 9.81. The van der Waals surface area contributed by atoms with Gasteiger partial charge in [0.15, 0.2) is 0 Å². The number of aliphatic hydroxyl groups excluding tert-OH is 1. The first-order chi connectivity index (χ1) is 16.0. The fourth-order valence-corrected chi connectivity index (χ4v) is 4.57. The SMILES string of the molecule is O=C(N[C@H](CO)Cc1ccccc1)c1ccc(S(=O)(=O)Nc2cccc3cccnc23)cc1. The predicted molar refractivity (Wildman–Crippen MR) is 127 cm³/mol.